The van der Waals surface area contributed by atoms with E-state index in [1.165, 1.54) is 0 Å². The molecule has 0 spiro atoms. The third-order valence-electron chi connectivity index (χ3n) is 3.55. The molecule has 2 atom stereocenters. The van der Waals surface area contributed by atoms with Crippen molar-refractivity contribution in [2.24, 2.45) is 5.84 Å². The lowest BCUT2D eigenvalue weighted by Crippen LogP contribution is -2.45. The number of nitrogens with one attached hydrogen (secondary N) is 1. The monoisotopic (exact) mass is 236 g/mol. The van der Waals surface area contributed by atoms with Crippen LogP contribution in [0.15, 0.2) is 12.3 Å². The van der Waals surface area contributed by atoms with E-state index < -0.39 is 0 Å². The number of nitrogens with two attached hydrogens (primary N) is 2. The summed E-state index contributed by atoms with van der Waals surface area (Å²) in [6.45, 7) is 4.85. The van der Waals surface area contributed by atoms with Crippen LogP contribution in [0.25, 0.3) is 0 Å². The summed E-state index contributed by atoms with van der Waals surface area (Å²) in [5.74, 6) is 6.21. The van der Waals surface area contributed by atoms with E-state index in [0.717, 1.165) is 30.6 Å². The highest BCUT2D eigenvalue weighted by molar-refractivity contribution is 5.47. The maximum absolute atomic E-state index is 5.96. The van der Waals surface area contributed by atoms with E-state index in [4.69, 9.17) is 16.3 Å². The first kappa shape index (κ1) is 12.3. The molecule has 1 aromatic heterocycles. The van der Waals surface area contributed by atoms with Crippen LogP contribution < -0.4 is 17.0 Å². The van der Waals surface area contributed by atoms with Crippen LogP contribution in [0, 0.1) is 6.92 Å². The fourth-order valence-corrected chi connectivity index (χ4v) is 2.56. The average Bonchev–Trinajstić information content (AvgIpc) is 2.71. The van der Waals surface area contributed by atoms with Crippen molar-refractivity contribution in [3.05, 3.63) is 23.4 Å². The Balaban J connectivity index is 2.41. The third kappa shape index (κ3) is 2.13. The molecule has 1 aliphatic heterocycles. The molecule has 2 unspecified atom stereocenters. The molecule has 17 heavy (non-hydrogen) atoms. The van der Waals surface area contributed by atoms with Crippen molar-refractivity contribution in [1.29, 1.82) is 0 Å². The van der Waals surface area contributed by atoms with E-state index in [2.05, 4.69) is 17.3 Å². The van der Waals surface area contributed by atoms with Gasteiger partial charge in [-0.05, 0) is 38.3 Å². The number of hydrogen-bond donors (Lipinski definition) is 3. The number of pyridine rings is 1. The van der Waals surface area contributed by atoms with Gasteiger partial charge in [0.1, 0.15) is 5.82 Å². The Kier molecular flexibility index (Phi) is 3.33. The Bertz CT molecular complexity index is 381. The fraction of sp³-hybridized carbons (Fsp3) is 0.583. The normalized spacial score (nSPS) is 26.1. The minimum Gasteiger partial charge on any atom is -0.383 e. The topological polar surface area (TPSA) is 86.2 Å². The molecular weight excluding hydrogens is 216 g/mol. The van der Waals surface area contributed by atoms with E-state index in [-0.39, 0.29) is 11.6 Å². The van der Waals surface area contributed by atoms with Crippen molar-refractivity contribution in [2.45, 2.75) is 38.3 Å². The molecule has 0 saturated carbocycles. The molecule has 5 heteroatoms. The standard InChI is InChI=1S/C12H20N4O/c1-8-4-6-15-11(13)9(8)10(16-14)12(2)5-3-7-17-12/h4,6,10,16H,3,5,7,14H2,1-2H3,(H2,13,15). The summed E-state index contributed by atoms with van der Waals surface area (Å²) < 4.78 is 5.83. The van der Waals surface area contributed by atoms with Crippen molar-refractivity contribution in [3.8, 4) is 0 Å². The van der Waals surface area contributed by atoms with Crippen LogP contribution in [0.1, 0.15) is 36.9 Å². The van der Waals surface area contributed by atoms with Crippen molar-refractivity contribution in [1.82, 2.24) is 10.4 Å². The second-order valence-corrected chi connectivity index (χ2v) is 4.79. The number of aryl methyl sites for hydroxylation is 1. The molecule has 5 N–H and O–H groups in total. The quantitative estimate of drug-likeness (QED) is 0.539. The number of rotatable bonds is 3. The van der Waals surface area contributed by atoms with Gasteiger partial charge in [-0.1, -0.05) is 0 Å². The molecular formula is C12H20N4O. The Morgan fingerprint density at radius 2 is 2.35 bits per heavy atom. The zero-order valence-corrected chi connectivity index (χ0v) is 10.4. The molecule has 1 aliphatic rings. The summed E-state index contributed by atoms with van der Waals surface area (Å²) in [4.78, 5) is 4.14. The lowest BCUT2D eigenvalue weighted by molar-refractivity contribution is -0.0126. The molecule has 0 bridgehead atoms. The minimum atomic E-state index is -0.309. The third-order valence-corrected chi connectivity index (χ3v) is 3.55. The number of ether oxygens (including phenoxy) is 1. The van der Waals surface area contributed by atoms with Gasteiger partial charge in [0.15, 0.2) is 0 Å². The average molecular weight is 236 g/mol. The maximum atomic E-state index is 5.96. The summed E-state index contributed by atoms with van der Waals surface area (Å²) in [6, 6.07) is 1.81. The van der Waals surface area contributed by atoms with E-state index in [1.54, 1.807) is 6.20 Å². The Labute approximate surface area is 102 Å². The van der Waals surface area contributed by atoms with Gasteiger partial charge in [0.25, 0.3) is 0 Å². The summed E-state index contributed by atoms with van der Waals surface area (Å²) in [5, 5.41) is 0. The van der Waals surface area contributed by atoms with Gasteiger partial charge in [0.05, 0.1) is 11.6 Å². The number of aromatic nitrogens is 1. The summed E-state index contributed by atoms with van der Waals surface area (Å²) in [6.07, 6.45) is 3.73. The van der Waals surface area contributed by atoms with Gasteiger partial charge in [-0.3, -0.25) is 5.84 Å². The van der Waals surface area contributed by atoms with Gasteiger partial charge >= 0.3 is 0 Å². The molecule has 2 heterocycles. The van der Waals surface area contributed by atoms with Crippen LogP contribution in [0.4, 0.5) is 5.82 Å². The predicted octanol–water partition coefficient (Wildman–Crippen LogP) is 1.05. The van der Waals surface area contributed by atoms with Crippen LogP contribution in [0.5, 0.6) is 0 Å². The minimum absolute atomic E-state index is 0.126. The van der Waals surface area contributed by atoms with Crippen LogP contribution >= 0.6 is 0 Å². The molecule has 0 amide bonds. The highest BCUT2D eigenvalue weighted by atomic mass is 16.5. The molecule has 5 nitrogen and oxygen atoms in total. The summed E-state index contributed by atoms with van der Waals surface area (Å²) in [7, 11) is 0. The van der Waals surface area contributed by atoms with Gasteiger partial charge in [-0.25, -0.2) is 10.4 Å². The first-order chi connectivity index (χ1) is 8.08. The molecule has 1 aromatic rings. The number of anilines is 1. The van der Waals surface area contributed by atoms with Crippen molar-refractivity contribution >= 4 is 5.82 Å². The Morgan fingerprint density at radius 3 is 2.88 bits per heavy atom. The Morgan fingerprint density at radius 1 is 1.59 bits per heavy atom. The van der Waals surface area contributed by atoms with E-state index >= 15 is 0 Å². The van der Waals surface area contributed by atoms with Crippen molar-refractivity contribution in [2.75, 3.05) is 12.3 Å². The van der Waals surface area contributed by atoms with Crippen molar-refractivity contribution in [3.63, 3.8) is 0 Å². The predicted molar refractivity (Wildman–Crippen MR) is 67.0 cm³/mol. The fourth-order valence-electron chi connectivity index (χ4n) is 2.56. The molecule has 94 valence electrons. The van der Waals surface area contributed by atoms with Gasteiger partial charge in [-0.2, -0.15) is 0 Å². The van der Waals surface area contributed by atoms with E-state index in [9.17, 15) is 0 Å². The first-order valence-corrected chi connectivity index (χ1v) is 5.89. The smallest absolute Gasteiger partial charge is 0.128 e. The molecule has 0 radical (unpaired) electrons. The van der Waals surface area contributed by atoms with Gasteiger partial charge < -0.3 is 10.5 Å². The van der Waals surface area contributed by atoms with Crippen LogP contribution in [-0.4, -0.2) is 17.2 Å². The van der Waals surface area contributed by atoms with Crippen LogP contribution in [0.3, 0.4) is 0 Å². The number of hydrazine groups is 1. The van der Waals surface area contributed by atoms with Gasteiger partial charge in [0, 0.05) is 18.4 Å². The lowest BCUT2D eigenvalue weighted by Gasteiger charge is -2.34. The first-order valence-electron chi connectivity index (χ1n) is 5.89. The number of hydrogen-bond acceptors (Lipinski definition) is 5. The zero-order valence-electron chi connectivity index (χ0n) is 10.4. The summed E-state index contributed by atoms with van der Waals surface area (Å²) >= 11 is 0. The summed E-state index contributed by atoms with van der Waals surface area (Å²) in [5.41, 5.74) is 10.5. The van der Waals surface area contributed by atoms with Crippen LogP contribution in [-0.2, 0) is 4.74 Å². The second kappa shape index (κ2) is 4.60. The molecule has 1 saturated heterocycles. The van der Waals surface area contributed by atoms with E-state index in [1.807, 2.05) is 13.0 Å². The molecule has 1 fully saturated rings. The zero-order chi connectivity index (χ0) is 12.5. The van der Waals surface area contributed by atoms with E-state index in [0.29, 0.717) is 5.82 Å². The van der Waals surface area contributed by atoms with Gasteiger partial charge in [-0.15, -0.1) is 0 Å². The number of nitrogens with zero attached hydrogens (tertiary/aromatic N) is 1. The van der Waals surface area contributed by atoms with Crippen LogP contribution in [0.2, 0.25) is 0 Å². The Hall–Kier alpha value is -1.17. The highest BCUT2D eigenvalue weighted by Gasteiger charge is 2.40. The largest absolute Gasteiger partial charge is 0.383 e. The number of nitrogen functional groups attached to an aromatic ring is 1. The SMILES string of the molecule is Cc1ccnc(N)c1C(NN)C1(C)CCCO1. The van der Waals surface area contributed by atoms with Crippen molar-refractivity contribution < 1.29 is 4.74 Å². The highest BCUT2D eigenvalue weighted by Crippen LogP contribution is 2.39. The molecule has 0 aromatic carbocycles. The maximum Gasteiger partial charge on any atom is 0.128 e. The molecule has 0 aliphatic carbocycles. The lowest BCUT2D eigenvalue weighted by atomic mass is 9.86. The second-order valence-electron chi connectivity index (χ2n) is 4.79. The molecule has 2 rings (SSSR count). The van der Waals surface area contributed by atoms with Gasteiger partial charge in [0.2, 0.25) is 0 Å².